The monoisotopic (exact) mass is 217 g/mol. The molecule has 0 bridgehead atoms. The van der Waals surface area contributed by atoms with E-state index in [2.05, 4.69) is 4.98 Å². The van der Waals surface area contributed by atoms with Crippen LogP contribution < -0.4 is 4.74 Å². The van der Waals surface area contributed by atoms with Gasteiger partial charge in [-0.3, -0.25) is 4.98 Å². The van der Waals surface area contributed by atoms with E-state index in [1.807, 2.05) is 0 Å². The van der Waals surface area contributed by atoms with E-state index < -0.39 is 0 Å². The summed E-state index contributed by atoms with van der Waals surface area (Å²) in [6.07, 6.45) is 5.30. The first-order valence-electron chi connectivity index (χ1n) is 4.15. The first-order valence-corrected chi connectivity index (χ1v) is 4.97. The predicted molar refractivity (Wildman–Crippen MR) is 52.5 cm³/mol. The van der Waals surface area contributed by atoms with Crippen LogP contribution >= 0.6 is 23.2 Å². The molecule has 0 saturated heterocycles. The van der Waals surface area contributed by atoms with Crippen molar-refractivity contribution in [2.45, 2.75) is 24.3 Å². The van der Waals surface area contributed by atoms with E-state index in [0.29, 0.717) is 5.02 Å². The van der Waals surface area contributed by atoms with Crippen molar-refractivity contribution < 1.29 is 4.74 Å². The van der Waals surface area contributed by atoms with E-state index in [9.17, 15) is 0 Å². The van der Waals surface area contributed by atoms with Gasteiger partial charge in [-0.2, -0.15) is 0 Å². The second-order valence-electron chi connectivity index (χ2n) is 3.15. The molecule has 2 nitrogen and oxygen atoms in total. The van der Waals surface area contributed by atoms with E-state index in [-0.39, 0.29) is 11.5 Å². The molecule has 0 radical (unpaired) electrons. The van der Waals surface area contributed by atoms with Crippen molar-refractivity contribution in [3.8, 4) is 5.75 Å². The van der Waals surface area contributed by atoms with Gasteiger partial charge in [-0.1, -0.05) is 11.6 Å². The van der Waals surface area contributed by atoms with Gasteiger partial charge >= 0.3 is 0 Å². The zero-order chi connectivity index (χ0) is 9.26. The molecule has 0 N–H and O–H groups in total. The SMILES string of the molecule is Clc1cncc(OC2CC(Cl)C2)c1. The normalized spacial score (nSPS) is 26.6. The summed E-state index contributed by atoms with van der Waals surface area (Å²) < 4.78 is 5.57. The van der Waals surface area contributed by atoms with Crippen molar-refractivity contribution in [3.63, 3.8) is 0 Å². The molecule has 4 heteroatoms. The minimum absolute atomic E-state index is 0.239. The summed E-state index contributed by atoms with van der Waals surface area (Å²) in [7, 11) is 0. The highest BCUT2D eigenvalue weighted by Gasteiger charge is 2.28. The lowest BCUT2D eigenvalue weighted by Gasteiger charge is -2.30. The maximum atomic E-state index is 5.82. The molecule has 0 unspecified atom stereocenters. The Bertz CT molecular complexity index is 299. The van der Waals surface area contributed by atoms with Gasteiger partial charge in [-0.05, 0) is 0 Å². The molecule has 0 aromatic carbocycles. The summed E-state index contributed by atoms with van der Waals surface area (Å²) in [5.41, 5.74) is 0. The topological polar surface area (TPSA) is 22.1 Å². The van der Waals surface area contributed by atoms with Gasteiger partial charge in [0.2, 0.25) is 0 Å². The van der Waals surface area contributed by atoms with Gasteiger partial charge in [0.1, 0.15) is 11.9 Å². The van der Waals surface area contributed by atoms with Crippen molar-refractivity contribution in [1.82, 2.24) is 4.98 Å². The highest BCUT2D eigenvalue weighted by atomic mass is 35.5. The summed E-state index contributed by atoms with van der Waals surface area (Å²) >= 11 is 11.6. The molecule has 0 atom stereocenters. The molecule has 70 valence electrons. The van der Waals surface area contributed by atoms with Gasteiger partial charge in [-0.15, -0.1) is 11.6 Å². The lowest BCUT2D eigenvalue weighted by atomic mass is 9.95. The third kappa shape index (κ3) is 2.26. The third-order valence-corrected chi connectivity index (χ3v) is 2.58. The number of hydrogen-bond donors (Lipinski definition) is 0. The molecule has 1 aromatic rings. The van der Waals surface area contributed by atoms with Crippen LogP contribution in [0.1, 0.15) is 12.8 Å². The molecular formula is C9H9Cl2NO. The molecule has 1 aliphatic carbocycles. The van der Waals surface area contributed by atoms with Gasteiger partial charge in [0.15, 0.2) is 0 Å². The van der Waals surface area contributed by atoms with Gasteiger partial charge in [0.05, 0.1) is 11.2 Å². The summed E-state index contributed by atoms with van der Waals surface area (Å²) in [5, 5.41) is 0.872. The van der Waals surface area contributed by atoms with Gasteiger partial charge in [-0.25, -0.2) is 0 Å². The Morgan fingerprint density at radius 2 is 2.15 bits per heavy atom. The van der Waals surface area contributed by atoms with Crippen molar-refractivity contribution in [3.05, 3.63) is 23.5 Å². The van der Waals surface area contributed by atoms with Crippen LogP contribution in [0.25, 0.3) is 0 Å². The highest BCUT2D eigenvalue weighted by Crippen LogP contribution is 2.30. The van der Waals surface area contributed by atoms with Crippen LogP contribution in [0, 0.1) is 0 Å². The van der Waals surface area contributed by atoms with Crippen molar-refractivity contribution >= 4 is 23.2 Å². The van der Waals surface area contributed by atoms with Gasteiger partial charge in [0, 0.05) is 30.5 Å². The van der Waals surface area contributed by atoms with Crippen LogP contribution in [-0.2, 0) is 0 Å². The van der Waals surface area contributed by atoms with Crippen molar-refractivity contribution in [1.29, 1.82) is 0 Å². The van der Waals surface area contributed by atoms with E-state index >= 15 is 0 Å². The lowest BCUT2D eigenvalue weighted by molar-refractivity contribution is 0.123. The zero-order valence-corrected chi connectivity index (χ0v) is 8.42. The Balaban J connectivity index is 1.94. The molecule has 0 aliphatic heterocycles. The molecule has 1 heterocycles. The van der Waals surface area contributed by atoms with Crippen LogP contribution in [0.3, 0.4) is 0 Å². The maximum absolute atomic E-state index is 5.82. The zero-order valence-electron chi connectivity index (χ0n) is 6.91. The summed E-state index contributed by atoms with van der Waals surface area (Å²) in [6, 6.07) is 1.76. The molecule has 0 amide bonds. The Hall–Kier alpha value is -0.470. The van der Waals surface area contributed by atoms with E-state index in [1.54, 1.807) is 18.5 Å². The fourth-order valence-corrected chi connectivity index (χ4v) is 1.81. The minimum atomic E-state index is 0.239. The Morgan fingerprint density at radius 3 is 2.77 bits per heavy atom. The molecule has 1 aromatic heterocycles. The minimum Gasteiger partial charge on any atom is -0.489 e. The molecule has 1 saturated carbocycles. The number of alkyl halides is 1. The van der Waals surface area contributed by atoms with Crippen LogP contribution in [0.15, 0.2) is 18.5 Å². The number of hydrogen-bond acceptors (Lipinski definition) is 2. The molecule has 1 fully saturated rings. The average molecular weight is 218 g/mol. The largest absolute Gasteiger partial charge is 0.489 e. The number of nitrogens with zero attached hydrogens (tertiary/aromatic N) is 1. The van der Waals surface area contributed by atoms with E-state index in [4.69, 9.17) is 27.9 Å². The fraction of sp³-hybridized carbons (Fsp3) is 0.444. The third-order valence-electron chi connectivity index (χ3n) is 2.02. The first kappa shape index (κ1) is 9.10. The quantitative estimate of drug-likeness (QED) is 0.712. The average Bonchev–Trinajstić information content (AvgIpc) is 2.01. The summed E-state index contributed by atoms with van der Waals surface area (Å²) in [6.45, 7) is 0. The highest BCUT2D eigenvalue weighted by molar-refractivity contribution is 6.30. The second-order valence-corrected chi connectivity index (χ2v) is 4.20. The molecular weight excluding hydrogens is 209 g/mol. The Kier molecular flexibility index (Phi) is 2.61. The first-order chi connectivity index (χ1) is 6.24. The molecule has 1 aliphatic rings. The van der Waals surface area contributed by atoms with Crippen LogP contribution in [0.4, 0.5) is 0 Å². The fourth-order valence-electron chi connectivity index (χ4n) is 1.25. The van der Waals surface area contributed by atoms with E-state index in [1.165, 1.54) is 0 Å². The van der Waals surface area contributed by atoms with Crippen LogP contribution in [-0.4, -0.2) is 16.5 Å². The van der Waals surface area contributed by atoms with Crippen LogP contribution in [0.2, 0.25) is 5.02 Å². The van der Waals surface area contributed by atoms with Crippen LogP contribution in [0.5, 0.6) is 5.75 Å². The second kappa shape index (κ2) is 3.72. The van der Waals surface area contributed by atoms with Gasteiger partial charge < -0.3 is 4.74 Å². The number of rotatable bonds is 2. The molecule has 13 heavy (non-hydrogen) atoms. The standard InChI is InChI=1S/C9H9Cl2NO/c10-6-1-8(2-6)13-9-3-7(11)4-12-5-9/h3-6,8H,1-2H2. The molecule has 2 rings (SSSR count). The predicted octanol–water partition coefficient (Wildman–Crippen LogP) is 2.88. The van der Waals surface area contributed by atoms with Gasteiger partial charge in [0.25, 0.3) is 0 Å². The summed E-state index contributed by atoms with van der Waals surface area (Å²) in [4.78, 5) is 3.92. The lowest BCUT2D eigenvalue weighted by Crippen LogP contribution is -2.34. The maximum Gasteiger partial charge on any atom is 0.139 e. The summed E-state index contributed by atoms with van der Waals surface area (Å²) in [5.74, 6) is 0.723. The molecule has 0 spiro atoms. The smallest absolute Gasteiger partial charge is 0.139 e. The van der Waals surface area contributed by atoms with Crippen molar-refractivity contribution in [2.24, 2.45) is 0 Å². The number of halogens is 2. The Labute approximate surface area is 86.8 Å². The number of pyridine rings is 1. The number of aromatic nitrogens is 1. The Morgan fingerprint density at radius 1 is 1.38 bits per heavy atom. The number of ether oxygens (including phenoxy) is 1. The van der Waals surface area contributed by atoms with E-state index in [0.717, 1.165) is 18.6 Å². The van der Waals surface area contributed by atoms with Crippen molar-refractivity contribution in [2.75, 3.05) is 0 Å².